The Kier molecular flexibility index (Phi) is 7.97. The molecular formula is C21H31N5O2S. The number of aliphatic hydroxyl groups is 1. The molecular weight excluding hydrogens is 386 g/mol. The molecule has 0 unspecified atom stereocenters. The number of carbonyl (C=O) groups is 1. The maximum Gasteiger partial charge on any atom is 0.321 e. The van der Waals surface area contributed by atoms with Gasteiger partial charge in [-0.15, -0.1) is 10.2 Å². The van der Waals surface area contributed by atoms with Crippen molar-refractivity contribution in [1.82, 2.24) is 20.4 Å². The van der Waals surface area contributed by atoms with E-state index in [1.165, 1.54) is 30.6 Å². The Balaban J connectivity index is 1.53. The Morgan fingerprint density at radius 2 is 1.93 bits per heavy atom. The molecule has 2 amide bonds. The summed E-state index contributed by atoms with van der Waals surface area (Å²) >= 11 is 1.46. The van der Waals surface area contributed by atoms with Crippen LogP contribution in [0.5, 0.6) is 0 Å². The summed E-state index contributed by atoms with van der Waals surface area (Å²) in [5.74, 6) is 0.343. The van der Waals surface area contributed by atoms with Gasteiger partial charge in [-0.2, -0.15) is 0 Å². The van der Waals surface area contributed by atoms with Crippen LogP contribution >= 0.6 is 11.3 Å². The molecule has 2 aromatic rings. The van der Waals surface area contributed by atoms with Crippen LogP contribution in [0.2, 0.25) is 0 Å². The van der Waals surface area contributed by atoms with E-state index in [0.29, 0.717) is 24.1 Å². The second-order valence-corrected chi connectivity index (χ2v) is 9.00. The Labute approximate surface area is 176 Å². The van der Waals surface area contributed by atoms with Crippen LogP contribution in [-0.4, -0.2) is 53.4 Å². The molecule has 7 nitrogen and oxygen atoms in total. The number of nitrogens with one attached hydrogen (secondary N) is 2. The van der Waals surface area contributed by atoms with Crippen molar-refractivity contribution in [3.63, 3.8) is 0 Å². The van der Waals surface area contributed by atoms with Gasteiger partial charge in [0.15, 0.2) is 0 Å². The molecule has 8 heteroatoms. The number of anilines is 1. The van der Waals surface area contributed by atoms with Gasteiger partial charge in [0, 0.05) is 24.9 Å². The summed E-state index contributed by atoms with van der Waals surface area (Å²) < 4.78 is 0. The molecule has 29 heavy (non-hydrogen) atoms. The Morgan fingerprint density at radius 1 is 1.21 bits per heavy atom. The van der Waals surface area contributed by atoms with E-state index in [-0.39, 0.29) is 11.9 Å². The molecule has 1 aromatic carbocycles. The van der Waals surface area contributed by atoms with Gasteiger partial charge >= 0.3 is 6.03 Å². The number of aliphatic hydroxyl groups excluding tert-OH is 1. The number of hydrogen-bond acceptors (Lipinski definition) is 6. The second kappa shape index (κ2) is 10.7. The van der Waals surface area contributed by atoms with Crippen LogP contribution in [0, 0.1) is 5.92 Å². The molecule has 1 aliphatic rings. The smallest absolute Gasteiger partial charge is 0.321 e. The summed E-state index contributed by atoms with van der Waals surface area (Å²) in [5, 5.41) is 26.4. The number of aromatic nitrogens is 2. The molecule has 2 atom stereocenters. The summed E-state index contributed by atoms with van der Waals surface area (Å²) in [4.78, 5) is 14.4. The molecule has 0 spiro atoms. The van der Waals surface area contributed by atoms with E-state index < -0.39 is 6.10 Å². The van der Waals surface area contributed by atoms with Crippen molar-refractivity contribution in [2.24, 2.45) is 5.92 Å². The van der Waals surface area contributed by atoms with E-state index in [1.54, 1.807) is 0 Å². The molecule has 1 heterocycles. The minimum absolute atomic E-state index is 0.134. The highest BCUT2D eigenvalue weighted by molar-refractivity contribution is 7.15. The fraction of sp³-hybridized carbons (Fsp3) is 0.571. The van der Waals surface area contributed by atoms with Crippen molar-refractivity contribution in [2.45, 2.75) is 44.1 Å². The first-order valence-corrected chi connectivity index (χ1v) is 11.1. The predicted molar refractivity (Wildman–Crippen MR) is 116 cm³/mol. The lowest BCUT2D eigenvalue weighted by Gasteiger charge is -2.26. The number of carbonyl (C=O) groups excluding carboxylic acids is 1. The lowest BCUT2D eigenvalue weighted by molar-refractivity contribution is 0.0911. The number of amides is 2. The number of urea groups is 1. The average Bonchev–Trinajstić information content (AvgIpc) is 3.20. The van der Waals surface area contributed by atoms with Gasteiger partial charge in [-0.05, 0) is 32.5 Å². The molecule has 3 rings (SSSR count). The van der Waals surface area contributed by atoms with Crippen LogP contribution in [0.15, 0.2) is 30.3 Å². The zero-order chi connectivity index (χ0) is 20.6. The second-order valence-electron chi connectivity index (χ2n) is 7.99. The van der Waals surface area contributed by atoms with Crippen molar-refractivity contribution < 1.29 is 9.90 Å². The maximum absolute atomic E-state index is 12.4. The third-order valence-electron chi connectivity index (χ3n) is 5.33. The fourth-order valence-corrected chi connectivity index (χ4v) is 4.74. The Hall–Kier alpha value is -2.03. The van der Waals surface area contributed by atoms with Gasteiger partial charge in [0.05, 0.1) is 6.10 Å². The molecule has 1 saturated carbocycles. The minimum atomic E-state index is -0.654. The minimum Gasteiger partial charge on any atom is -0.388 e. The van der Waals surface area contributed by atoms with Crippen LogP contribution in [0.1, 0.15) is 54.7 Å². The number of rotatable bonds is 8. The van der Waals surface area contributed by atoms with Gasteiger partial charge in [0.1, 0.15) is 5.01 Å². The Morgan fingerprint density at radius 3 is 2.62 bits per heavy atom. The summed E-state index contributed by atoms with van der Waals surface area (Å²) in [7, 11) is 3.91. The lowest BCUT2D eigenvalue weighted by atomic mass is 9.90. The van der Waals surface area contributed by atoms with Crippen LogP contribution in [0.3, 0.4) is 0 Å². The standard InChI is InChI=1S/C21H31N5O2S/c1-26(2)14-17(18(27)15-9-5-3-6-10-15)13-22-20(28)23-21-25-24-19(29-21)16-11-7-4-8-12-16/h3,5-6,9-10,16-18,27H,4,7-8,11-14H2,1-2H3,(H2,22,23,25,28)/t17-,18+/m0/s1. The van der Waals surface area contributed by atoms with Crippen molar-refractivity contribution >= 4 is 22.5 Å². The van der Waals surface area contributed by atoms with E-state index >= 15 is 0 Å². The summed E-state index contributed by atoms with van der Waals surface area (Å²) in [6.45, 7) is 1.01. The summed E-state index contributed by atoms with van der Waals surface area (Å²) in [6.07, 6.45) is 5.44. The van der Waals surface area contributed by atoms with Crippen LogP contribution in [0.4, 0.5) is 9.93 Å². The topological polar surface area (TPSA) is 90.4 Å². The van der Waals surface area contributed by atoms with Gasteiger partial charge < -0.3 is 15.3 Å². The summed E-state index contributed by atoms with van der Waals surface area (Å²) in [5.41, 5.74) is 0.850. The quantitative estimate of drug-likeness (QED) is 0.610. The van der Waals surface area contributed by atoms with Crippen LogP contribution < -0.4 is 10.6 Å². The molecule has 0 saturated heterocycles. The number of benzene rings is 1. The zero-order valence-corrected chi connectivity index (χ0v) is 18.0. The molecule has 0 radical (unpaired) electrons. The highest BCUT2D eigenvalue weighted by atomic mass is 32.1. The third-order valence-corrected chi connectivity index (χ3v) is 6.33. The van der Waals surface area contributed by atoms with Gasteiger partial charge in [-0.1, -0.05) is 60.9 Å². The van der Waals surface area contributed by atoms with Gasteiger partial charge in [-0.3, -0.25) is 5.32 Å². The highest BCUT2D eigenvalue weighted by Gasteiger charge is 2.23. The van der Waals surface area contributed by atoms with Crippen LogP contribution in [0.25, 0.3) is 0 Å². The molecule has 1 aromatic heterocycles. The summed E-state index contributed by atoms with van der Waals surface area (Å²) in [6, 6.07) is 9.23. The largest absolute Gasteiger partial charge is 0.388 e. The predicted octanol–water partition coefficient (Wildman–Crippen LogP) is 3.62. The third kappa shape index (κ3) is 6.48. The van der Waals surface area contributed by atoms with Crippen molar-refractivity contribution in [1.29, 1.82) is 0 Å². The lowest BCUT2D eigenvalue weighted by Crippen LogP contribution is -2.39. The van der Waals surface area contributed by atoms with E-state index in [1.807, 2.05) is 49.3 Å². The zero-order valence-electron chi connectivity index (χ0n) is 17.2. The molecule has 3 N–H and O–H groups in total. The fourth-order valence-electron chi connectivity index (χ4n) is 3.83. The monoisotopic (exact) mass is 417 g/mol. The van der Waals surface area contributed by atoms with Gasteiger partial charge in [0.25, 0.3) is 0 Å². The molecule has 1 fully saturated rings. The average molecular weight is 418 g/mol. The first-order chi connectivity index (χ1) is 14.0. The number of nitrogens with zero attached hydrogens (tertiary/aromatic N) is 3. The SMILES string of the molecule is CN(C)C[C@H](CNC(=O)Nc1nnc(C2CCCCC2)s1)[C@H](O)c1ccccc1. The van der Waals surface area contributed by atoms with Crippen molar-refractivity contribution in [2.75, 3.05) is 32.5 Å². The van der Waals surface area contributed by atoms with E-state index in [2.05, 4.69) is 20.8 Å². The van der Waals surface area contributed by atoms with Crippen molar-refractivity contribution in [3.05, 3.63) is 40.9 Å². The van der Waals surface area contributed by atoms with Gasteiger partial charge in [0.2, 0.25) is 5.13 Å². The molecule has 1 aliphatic carbocycles. The molecule has 0 bridgehead atoms. The molecule has 158 valence electrons. The first-order valence-electron chi connectivity index (χ1n) is 10.3. The highest BCUT2D eigenvalue weighted by Crippen LogP contribution is 2.35. The first kappa shape index (κ1) is 21.7. The van der Waals surface area contributed by atoms with E-state index in [4.69, 9.17) is 0 Å². The van der Waals surface area contributed by atoms with E-state index in [9.17, 15) is 9.90 Å². The normalized spacial score (nSPS) is 17.1. The van der Waals surface area contributed by atoms with E-state index in [0.717, 1.165) is 23.4 Å². The molecule has 0 aliphatic heterocycles. The van der Waals surface area contributed by atoms with Gasteiger partial charge in [-0.25, -0.2) is 4.79 Å². The number of hydrogen-bond donors (Lipinski definition) is 3. The van der Waals surface area contributed by atoms with Crippen molar-refractivity contribution in [3.8, 4) is 0 Å². The van der Waals surface area contributed by atoms with Crippen LogP contribution in [-0.2, 0) is 0 Å². The maximum atomic E-state index is 12.4. The Bertz CT molecular complexity index is 761.